The zero-order valence-electron chi connectivity index (χ0n) is 19.7. The Labute approximate surface area is 200 Å². The second kappa shape index (κ2) is 9.43. The highest BCUT2D eigenvalue weighted by atomic mass is 16.5. The van der Waals surface area contributed by atoms with Gasteiger partial charge in [0.1, 0.15) is 35.7 Å². The standard InChI is InChI=1S/C29H31NO4/c1-19-13-14-30(18-19)15-16-33-25-10-5-22(6-11-25)29-28(21-3-7-23(31)8-4-21)20(2)26-12-9-24(32)17-27(26)34-29/h3-12,17,19,29,31-32H,13-16,18H2,1-2H3/t19?,29-/m0/s1. The number of phenols is 2. The smallest absolute Gasteiger partial charge is 0.150 e. The number of nitrogens with zero attached hydrogens (tertiary/aromatic N) is 1. The maximum atomic E-state index is 10.0. The minimum absolute atomic E-state index is 0.175. The number of hydrogen-bond donors (Lipinski definition) is 2. The molecule has 0 radical (unpaired) electrons. The van der Waals surface area contributed by atoms with Gasteiger partial charge in [-0.05, 0) is 78.9 Å². The lowest BCUT2D eigenvalue weighted by Gasteiger charge is -2.31. The summed E-state index contributed by atoms with van der Waals surface area (Å²) < 4.78 is 12.4. The van der Waals surface area contributed by atoms with E-state index in [1.807, 2.05) is 42.5 Å². The van der Waals surface area contributed by atoms with Crippen LogP contribution < -0.4 is 9.47 Å². The molecule has 2 aliphatic rings. The monoisotopic (exact) mass is 457 g/mol. The van der Waals surface area contributed by atoms with Crippen molar-refractivity contribution in [1.82, 2.24) is 4.90 Å². The minimum atomic E-state index is -0.348. The van der Waals surface area contributed by atoms with Gasteiger partial charge in [0.15, 0.2) is 0 Å². The summed E-state index contributed by atoms with van der Waals surface area (Å²) in [5, 5.41) is 19.8. The number of fused-ring (bicyclic) bond motifs is 1. The Morgan fingerprint density at radius 1 is 0.971 bits per heavy atom. The number of likely N-dealkylation sites (tertiary alicyclic amines) is 1. The molecule has 2 atom stereocenters. The van der Waals surface area contributed by atoms with Crippen LogP contribution >= 0.6 is 0 Å². The summed E-state index contributed by atoms with van der Waals surface area (Å²) in [4.78, 5) is 2.46. The number of rotatable bonds is 6. The van der Waals surface area contributed by atoms with Crippen LogP contribution in [0.5, 0.6) is 23.0 Å². The molecular weight excluding hydrogens is 426 g/mol. The molecule has 2 heterocycles. The van der Waals surface area contributed by atoms with Crippen molar-refractivity contribution in [2.24, 2.45) is 5.92 Å². The first-order chi connectivity index (χ1) is 16.5. The average Bonchev–Trinajstić information content (AvgIpc) is 3.25. The molecule has 0 amide bonds. The van der Waals surface area contributed by atoms with Crippen LogP contribution in [-0.2, 0) is 0 Å². The van der Waals surface area contributed by atoms with Crippen molar-refractivity contribution in [2.75, 3.05) is 26.2 Å². The third kappa shape index (κ3) is 4.62. The highest BCUT2D eigenvalue weighted by Gasteiger charge is 2.29. The van der Waals surface area contributed by atoms with Crippen molar-refractivity contribution < 1.29 is 19.7 Å². The number of aromatic hydroxyl groups is 2. The SMILES string of the molecule is CC1=C(c2ccc(O)cc2)[C@H](c2ccc(OCCN3CCC(C)C3)cc2)Oc2cc(O)ccc21. The lowest BCUT2D eigenvalue weighted by Crippen LogP contribution is -2.25. The summed E-state index contributed by atoms with van der Waals surface area (Å²) in [6.07, 6.45) is 0.923. The van der Waals surface area contributed by atoms with Gasteiger partial charge in [-0.25, -0.2) is 0 Å². The molecule has 2 N–H and O–H groups in total. The van der Waals surface area contributed by atoms with E-state index in [4.69, 9.17) is 9.47 Å². The normalized spacial score (nSPS) is 20.2. The molecule has 5 heteroatoms. The summed E-state index contributed by atoms with van der Waals surface area (Å²) in [7, 11) is 0. The molecule has 3 aromatic carbocycles. The molecule has 3 aromatic rings. The Hall–Kier alpha value is -3.44. The van der Waals surface area contributed by atoms with Crippen LogP contribution in [0.2, 0.25) is 0 Å². The highest BCUT2D eigenvalue weighted by Crippen LogP contribution is 2.47. The zero-order chi connectivity index (χ0) is 23.7. The fourth-order valence-corrected chi connectivity index (χ4v) is 4.95. The first-order valence-electron chi connectivity index (χ1n) is 11.9. The largest absolute Gasteiger partial charge is 0.508 e. The molecule has 0 aliphatic carbocycles. The molecule has 0 bridgehead atoms. The van der Waals surface area contributed by atoms with Gasteiger partial charge < -0.3 is 19.7 Å². The Balaban J connectivity index is 1.39. The van der Waals surface area contributed by atoms with Crippen molar-refractivity contribution in [1.29, 1.82) is 0 Å². The van der Waals surface area contributed by atoms with E-state index in [-0.39, 0.29) is 17.6 Å². The first kappa shape index (κ1) is 22.4. The van der Waals surface area contributed by atoms with Gasteiger partial charge in [0.2, 0.25) is 0 Å². The zero-order valence-corrected chi connectivity index (χ0v) is 19.7. The van der Waals surface area contributed by atoms with Crippen molar-refractivity contribution in [3.05, 3.63) is 83.4 Å². The van der Waals surface area contributed by atoms with E-state index >= 15 is 0 Å². The van der Waals surface area contributed by atoms with Gasteiger partial charge in [-0.1, -0.05) is 31.2 Å². The van der Waals surface area contributed by atoms with Crippen LogP contribution in [0.4, 0.5) is 0 Å². The summed E-state index contributed by atoms with van der Waals surface area (Å²) in [6.45, 7) is 8.32. The fourth-order valence-electron chi connectivity index (χ4n) is 4.95. The number of benzene rings is 3. The number of allylic oxidation sites excluding steroid dienone is 1. The molecule has 1 fully saturated rings. The fraction of sp³-hybridized carbons (Fsp3) is 0.310. The molecule has 34 heavy (non-hydrogen) atoms. The van der Waals surface area contributed by atoms with Crippen molar-refractivity contribution in [3.8, 4) is 23.0 Å². The summed E-state index contributed by atoms with van der Waals surface area (Å²) >= 11 is 0. The third-order valence-electron chi connectivity index (χ3n) is 6.83. The van der Waals surface area contributed by atoms with Crippen LogP contribution in [0.1, 0.15) is 43.1 Å². The predicted molar refractivity (Wildman–Crippen MR) is 134 cm³/mol. The summed E-state index contributed by atoms with van der Waals surface area (Å²) in [6, 6.07) is 20.5. The molecule has 1 saturated heterocycles. The number of ether oxygens (including phenoxy) is 2. The van der Waals surface area contributed by atoms with Gasteiger partial charge in [-0.15, -0.1) is 0 Å². The van der Waals surface area contributed by atoms with Crippen LogP contribution in [0.25, 0.3) is 11.1 Å². The maximum absolute atomic E-state index is 10.0. The van der Waals surface area contributed by atoms with Gasteiger partial charge in [0.05, 0.1) is 0 Å². The molecule has 176 valence electrons. The van der Waals surface area contributed by atoms with E-state index in [9.17, 15) is 10.2 Å². The predicted octanol–water partition coefficient (Wildman–Crippen LogP) is 5.88. The van der Waals surface area contributed by atoms with Gasteiger partial charge in [0, 0.05) is 30.3 Å². The highest BCUT2D eigenvalue weighted by molar-refractivity contribution is 5.95. The van der Waals surface area contributed by atoms with E-state index in [2.05, 4.69) is 18.7 Å². The second-order valence-electron chi connectivity index (χ2n) is 9.38. The van der Waals surface area contributed by atoms with Crippen LogP contribution in [0, 0.1) is 5.92 Å². The van der Waals surface area contributed by atoms with Gasteiger partial charge in [-0.2, -0.15) is 0 Å². The van der Waals surface area contributed by atoms with E-state index in [1.165, 1.54) is 6.42 Å². The Bertz CT molecular complexity index is 1180. The quantitative estimate of drug-likeness (QED) is 0.484. The van der Waals surface area contributed by atoms with Gasteiger partial charge >= 0.3 is 0 Å². The van der Waals surface area contributed by atoms with E-state index in [1.54, 1.807) is 24.3 Å². The maximum Gasteiger partial charge on any atom is 0.150 e. The Morgan fingerprint density at radius 2 is 1.71 bits per heavy atom. The van der Waals surface area contributed by atoms with E-state index in [0.717, 1.165) is 59.1 Å². The average molecular weight is 458 g/mol. The van der Waals surface area contributed by atoms with Gasteiger partial charge in [0.25, 0.3) is 0 Å². The molecule has 0 aromatic heterocycles. The summed E-state index contributed by atoms with van der Waals surface area (Å²) in [5.41, 5.74) is 5.05. The number of hydrogen-bond acceptors (Lipinski definition) is 5. The molecule has 5 nitrogen and oxygen atoms in total. The van der Waals surface area contributed by atoms with Crippen LogP contribution in [-0.4, -0.2) is 41.4 Å². The van der Waals surface area contributed by atoms with Crippen molar-refractivity contribution in [2.45, 2.75) is 26.4 Å². The minimum Gasteiger partial charge on any atom is -0.508 e. The molecule has 0 saturated carbocycles. The lowest BCUT2D eigenvalue weighted by molar-refractivity contribution is 0.233. The molecular formula is C29H31NO4. The van der Waals surface area contributed by atoms with E-state index in [0.29, 0.717) is 12.4 Å². The molecule has 2 aliphatic heterocycles. The first-order valence-corrected chi connectivity index (χ1v) is 11.9. The molecule has 0 spiro atoms. The van der Waals surface area contributed by atoms with Gasteiger partial charge in [-0.3, -0.25) is 4.90 Å². The topological polar surface area (TPSA) is 62.2 Å². The third-order valence-corrected chi connectivity index (χ3v) is 6.83. The Kier molecular flexibility index (Phi) is 6.20. The van der Waals surface area contributed by atoms with Crippen molar-refractivity contribution >= 4 is 11.1 Å². The molecule has 5 rings (SSSR count). The summed E-state index contributed by atoms with van der Waals surface area (Å²) in [5.74, 6) is 2.68. The van der Waals surface area contributed by atoms with Crippen LogP contribution in [0.3, 0.4) is 0 Å². The Morgan fingerprint density at radius 3 is 2.41 bits per heavy atom. The van der Waals surface area contributed by atoms with Crippen LogP contribution in [0.15, 0.2) is 66.7 Å². The second-order valence-corrected chi connectivity index (χ2v) is 9.38. The lowest BCUT2D eigenvalue weighted by atomic mass is 9.86. The number of phenolic OH excluding ortho intramolecular Hbond substituents is 2. The van der Waals surface area contributed by atoms with Crippen molar-refractivity contribution in [3.63, 3.8) is 0 Å². The molecule has 1 unspecified atom stereocenters. The van der Waals surface area contributed by atoms with E-state index < -0.39 is 0 Å².